The van der Waals surface area contributed by atoms with Crippen LogP contribution in [0, 0.1) is 0 Å². The summed E-state index contributed by atoms with van der Waals surface area (Å²) in [5, 5.41) is 6.58. The first-order valence-corrected chi connectivity index (χ1v) is 7.60. The van der Waals surface area contributed by atoms with Crippen LogP contribution in [-0.2, 0) is 0 Å². The zero-order valence-corrected chi connectivity index (χ0v) is 12.6. The lowest BCUT2D eigenvalue weighted by atomic mass is 10.3. The number of hydrogen-bond acceptors (Lipinski definition) is 6. The zero-order chi connectivity index (χ0) is 14.4. The van der Waals surface area contributed by atoms with Gasteiger partial charge in [-0.1, -0.05) is 19.8 Å². The summed E-state index contributed by atoms with van der Waals surface area (Å²) in [4.78, 5) is 13.1. The molecule has 6 nitrogen and oxygen atoms in total. The van der Waals surface area contributed by atoms with Crippen LogP contribution < -0.4 is 15.4 Å². The van der Waals surface area contributed by atoms with E-state index in [0.29, 0.717) is 23.9 Å². The first-order chi connectivity index (χ1) is 9.67. The molecule has 0 aliphatic heterocycles. The van der Waals surface area contributed by atoms with Crippen molar-refractivity contribution in [2.24, 2.45) is 0 Å². The summed E-state index contributed by atoms with van der Waals surface area (Å²) >= 11 is 0. The van der Waals surface area contributed by atoms with Crippen molar-refractivity contribution in [3.63, 3.8) is 0 Å². The third-order valence-corrected chi connectivity index (χ3v) is 3.18. The maximum absolute atomic E-state index is 5.60. The molecule has 20 heavy (non-hydrogen) atoms. The third-order valence-electron chi connectivity index (χ3n) is 3.18. The fourth-order valence-corrected chi connectivity index (χ4v) is 2.25. The monoisotopic (exact) mass is 279 g/mol. The smallest absolute Gasteiger partial charge is 0.323 e. The van der Waals surface area contributed by atoms with Gasteiger partial charge >= 0.3 is 6.01 Å². The summed E-state index contributed by atoms with van der Waals surface area (Å²) in [6.07, 6.45) is 6.00. The van der Waals surface area contributed by atoms with Crippen molar-refractivity contribution in [3.05, 3.63) is 0 Å². The summed E-state index contributed by atoms with van der Waals surface area (Å²) in [6.45, 7) is 6.88. The van der Waals surface area contributed by atoms with Crippen LogP contribution in [0.2, 0.25) is 0 Å². The van der Waals surface area contributed by atoms with Gasteiger partial charge in [0.2, 0.25) is 11.9 Å². The molecular weight excluding hydrogens is 254 g/mol. The van der Waals surface area contributed by atoms with Gasteiger partial charge in [-0.15, -0.1) is 0 Å². The molecule has 0 unspecified atom stereocenters. The number of nitrogens with one attached hydrogen (secondary N) is 2. The van der Waals surface area contributed by atoms with E-state index < -0.39 is 0 Å². The van der Waals surface area contributed by atoms with Crippen molar-refractivity contribution in [1.29, 1.82) is 0 Å². The van der Waals surface area contributed by atoms with Crippen molar-refractivity contribution in [2.45, 2.75) is 65.0 Å². The topological polar surface area (TPSA) is 72.0 Å². The highest BCUT2D eigenvalue weighted by atomic mass is 16.5. The number of nitrogens with zero attached hydrogens (tertiary/aromatic N) is 3. The van der Waals surface area contributed by atoms with Crippen LogP contribution in [-0.4, -0.2) is 33.6 Å². The number of anilines is 2. The molecule has 2 rings (SSSR count). The van der Waals surface area contributed by atoms with E-state index in [2.05, 4.69) is 32.5 Å². The van der Waals surface area contributed by atoms with Crippen LogP contribution in [0.4, 0.5) is 11.9 Å². The SMILES string of the molecule is CCCNc1nc(NC2CCCC2)nc(OC(C)C)n1. The van der Waals surface area contributed by atoms with Crippen molar-refractivity contribution < 1.29 is 4.74 Å². The predicted octanol–water partition coefficient (Wildman–Crippen LogP) is 2.84. The second-order valence-corrected chi connectivity index (χ2v) is 5.48. The fourth-order valence-electron chi connectivity index (χ4n) is 2.25. The van der Waals surface area contributed by atoms with Gasteiger partial charge in [0.15, 0.2) is 0 Å². The lowest BCUT2D eigenvalue weighted by molar-refractivity contribution is 0.222. The molecule has 0 bridgehead atoms. The van der Waals surface area contributed by atoms with Crippen molar-refractivity contribution in [3.8, 4) is 6.01 Å². The minimum Gasteiger partial charge on any atom is -0.461 e. The Kier molecular flexibility index (Phi) is 5.38. The molecule has 1 aromatic heterocycles. The number of rotatable bonds is 7. The van der Waals surface area contributed by atoms with E-state index >= 15 is 0 Å². The van der Waals surface area contributed by atoms with Crippen LogP contribution in [0.15, 0.2) is 0 Å². The van der Waals surface area contributed by atoms with Crippen molar-refractivity contribution >= 4 is 11.9 Å². The summed E-state index contributed by atoms with van der Waals surface area (Å²) in [5.74, 6) is 1.19. The minimum atomic E-state index is 0.0516. The molecule has 0 spiro atoms. The summed E-state index contributed by atoms with van der Waals surface area (Å²) in [6, 6.07) is 0.859. The number of ether oxygens (including phenoxy) is 1. The Morgan fingerprint density at radius 1 is 1.15 bits per heavy atom. The summed E-state index contributed by atoms with van der Waals surface area (Å²) in [7, 11) is 0. The maximum Gasteiger partial charge on any atom is 0.323 e. The largest absolute Gasteiger partial charge is 0.461 e. The second-order valence-electron chi connectivity index (χ2n) is 5.48. The highest BCUT2D eigenvalue weighted by molar-refractivity contribution is 5.36. The van der Waals surface area contributed by atoms with Crippen LogP contribution in [0.3, 0.4) is 0 Å². The van der Waals surface area contributed by atoms with E-state index in [1.807, 2.05) is 13.8 Å². The van der Waals surface area contributed by atoms with Gasteiger partial charge in [0, 0.05) is 12.6 Å². The lowest BCUT2D eigenvalue weighted by Crippen LogP contribution is -2.19. The molecule has 0 saturated heterocycles. The fraction of sp³-hybridized carbons (Fsp3) is 0.786. The Morgan fingerprint density at radius 3 is 2.50 bits per heavy atom. The van der Waals surface area contributed by atoms with Crippen molar-refractivity contribution in [1.82, 2.24) is 15.0 Å². The molecule has 0 amide bonds. The Bertz CT molecular complexity index is 418. The molecule has 1 heterocycles. The van der Waals surface area contributed by atoms with Crippen LogP contribution >= 0.6 is 0 Å². The standard InChI is InChI=1S/C14H25N5O/c1-4-9-15-12-17-13(16-11-7-5-6-8-11)19-14(18-12)20-10(2)3/h10-11H,4-9H2,1-3H3,(H2,15,16,17,18,19). The maximum atomic E-state index is 5.60. The molecule has 112 valence electrons. The number of hydrogen-bond donors (Lipinski definition) is 2. The van der Waals surface area contributed by atoms with Gasteiger partial charge in [-0.25, -0.2) is 0 Å². The van der Waals surface area contributed by atoms with Gasteiger partial charge < -0.3 is 15.4 Å². The quantitative estimate of drug-likeness (QED) is 0.799. The molecule has 1 aliphatic rings. The average Bonchev–Trinajstić information content (AvgIpc) is 2.88. The molecule has 0 aromatic carbocycles. The molecular formula is C14H25N5O. The van der Waals surface area contributed by atoms with E-state index in [9.17, 15) is 0 Å². The predicted molar refractivity (Wildman–Crippen MR) is 80.3 cm³/mol. The van der Waals surface area contributed by atoms with Gasteiger partial charge in [-0.05, 0) is 33.1 Å². The highest BCUT2D eigenvalue weighted by Gasteiger charge is 2.17. The van der Waals surface area contributed by atoms with E-state index in [0.717, 1.165) is 13.0 Å². The Balaban J connectivity index is 2.10. The zero-order valence-electron chi connectivity index (χ0n) is 12.6. The van der Waals surface area contributed by atoms with Gasteiger partial charge in [0.05, 0.1) is 6.10 Å². The highest BCUT2D eigenvalue weighted by Crippen LogP contribution is 2.22. The average molecular weight is 279 g/mol. The van der Waals surface area contributed by atoms with Crippen LogP contribution in [0.25, 0.3) is 0 Å². The normalized spacial score (nSPS) is 15.6. The van der Waals surface area contributed by atoms with E-state index in [4.69, 9.17) is 4.74 Å². The van der Waals surface area contributed by atoms with Gasteiger partial charge in [0.1, 0.15) is 0 Å². The van der Waals surface area contributed by atoms with Crippen molar-refractivity contribution in [2.75, 3.05) is 17.2 Å². The first kappa shape index (κ1) is 14.8. The van der Waals surface area contributed by atoms with Gasteiger partial charge in [0.25, 0.3) is 0 Å². The Labute approximate surface area is 120 Å². The second kappa shape index (κ2) is 7.26. The molecule has 1 saturated carbocycles. The third kappa shape index (κ3) is 4.51. The van der Waals surface area contributed by atoms with E-state index in [1.54, 1.807) is 0 Å². The molecule has 0 radical (unpaired) electrons. The summed E-state index contributed by atoms with van der Waals surface area (Å²) < 4.78 is 5.60. The molecule has 6 heteroatoms. The van der Waals surface area contributed by atoms with E-state index in [1.165, 1.54) is 25.7 Å². The van der Waals surface area contributed by atoms with Crippen LogP contribution in [0.5, 0.6) is 6.01 Å². The summed E-state index contributed by atoms with van der Waals surface area (Å²) in [5.41, 5.74) is 0. The molecule has 1 aliphatic carbocycles. The Hall–Kier alpha value is -1.59. The Morgan fingerprint density at radius 2 is 1.85 bits per heavy atom. The van der Waals surface area contributed by atoms with Gasteiger partial charge in [-0.2, -0.15) is 15.0 Å². The minimum absolute atomic E-state index is 0.0516. The van der Waals surface area contributed by atoms with Gasteiger partial charge in [-0.3, -0.25) is 0 Å². The van der Waals surface area contributed by atoms with Crippen LogP contribution in [0.1, 0.15) is 52.9 Å². The van der Waals surface area contributed by atoms with E-state index in [-0.39, 0.29) is 6.10 Å². The molecule has 2 N–H and O–H groups in total. The number of aromatic nitrogens is 3. The molecule has 0 atom stereocenters. The molecule has 1 fully saturated rings. The lowest BCUT2D eigenvalue weighted by Gasteiger charge is -2.14. The molecule has 1 aromatic rings. The first-order valence-electron chi connectivity index (χ1n) is 7.60.